The van der Waals surface area contributed by atoms with Crippen LogP contribution in [0.4, 0.5) is 0 Å². The first-order valence-corrected chi connectivity index (χ1v) is 18.5. The van der Waals surface area contributed by atoms with E-state index in [0.29, 0.717) is 0 Å². The van der Waals surface area contributed by atoms with Crippen LogP contribution in [0.3, 0.4) is 0 Å². The van der Waals surface area contributed by atoms with Crippen LogP contribution in [0.1, 0.15) is 0 Å². The molecule has 4 aromatic rings. The van der Waals surface area contributed by atoms with Crippen LogP contribution in [0, 0.1) is 0 Å². The summed E-state index contributed by atoms with van der Waals surface area (Å²) in [6.45, 7) is 0. The van der Waals surface area contributed by atoms with Gasteiger partial charge in [0.15, 0.2) is 0 Å². The molecule has 0 nitrogen and oxygen atoms in total. The third kappa shape index (κ3) is 12.7. The Labute approximate surface area is 255 Å². The third-order valence-electron chi connectivity index (χ3n) is 5.19. The van der Waals surface area contributed by atoms with Gasteiger partial charge in [0.1, 0.15) is 0 Å². The molecule has 0 fully saturated rings. The summed E-state index contributed by atoms with van der Waals surface area (Å²) in [5.41, 5.74) is 0. The van der Waals surface area contributed by atoms with Gasteiger partial charge in [-0.05, 0) is 48.5 Å². The zero-order chi connectivity index (χ0) is 26.4. The minimum atomic E-state index is -0.655. The molecule has 8 heteroatoms. The van der Waals surface area contributed by atoms with Crippen LogP contribution in [-0.2, 0) is 54.4 Å². The molecule has 4 aromatic carbocycles. The van der Waals surface area contributed by atoms with Crippen LogP contribution < -0.4 is 21.2 Å². The molecule has 36 heavy (non-hydrogen) atoms. The summed E-state index contributed by atoms with van der Waals surface area (Å²) in [4.78, 5) is 0. The van der Waals surface area contributed by atoms with Crippen molar-refractivity contribution in [2.24, 2.45) is 0 Å². The first kappa shape index (κ1) is 34.0. The Kier molecular flexibility index (Phi) is 21.7. The summed E-state index contributed by atoms with van der Waals surface area (Å²) >= 11 is 17.0. The second-order valence-electron chi connectivity index (χ2n) is 7.33. The van der Waals surface area contributed by atoms with Gasteiger partial charge in [-0.1, -0.05) is 72.8 Å². The van der Waals surface area contributed by atoms with E-state index in [1.54, 1.807) is 0 Å². The van der Waals surface area contributed by atoms with Crippen molar-refractivity contribution < 1.29 is 29.1 Å². The van der Waals surface area contributed by atoms with E-state index in [0.717, 1.165) is 23.8 Å². The quantitative estimate of drug-likeness (QED) is 0.124. The van der Waals surface area contributed by atoms with Crippen LogP contribution >= 0.6 is 36.2 Å². The van der Waals surface area contributed by atoms with Gasteiger partial charge in [0.25, 0.3) is 0 Å². The molecule has 0 radical (unpaired) electrons. The van der Waals surface area contributed by atoms with Crippen LogP contribution in [0.15, 0.2) is 121 Å². The van der Waals surface area contributed by atoms with Gasteiger partial charge >= 0.3 is 49.5 Å². The summed E-state index contributed by atoms with van der Waals surface area (Å²) < 4.78 is 0. The van der Waals surface area contributed by atoms with Crippen molar-refractivity contribution in [3.05, 3.63) is 121 Å². The molecule has 0 heterocycles. The van der Waals surface area contributed by atoms with E-state index < -0.39 is 15.8 Å². The minimum absolute atomic E-state index is 0.655. The largest absolute Gasteiger partial charge is 0.789 e. The van der Waals surface area contributed by atoms with Crippen LogP contribution in [-0.4, -0.2) is 23.8 Å². The fourth-order valence-corrected chi connectivity index (χ4v) is 9.51. The summed E-state index contributed by atoms with van der Waals surface area (Å²) in [5.74, 6) is 1.69. The zero-order valence-corrected chi connectivity index (χ0v) is 26.7. The van der Waals surface area contributed by atoms with E-state index in [1.165, 1.54) is 21.2 Å². The van der Waals surface area contributed by atoms with Crippen molar-refractivity contribution in [2.75, 3.05) is 23.8 Å². The molecule has 0 saturated carbocycles. The van der Waals surface area contributed by atoms with Crippen molar-refractivity contribution in [1.29, 1.82) is 0 Å². The molecule has 0 aromatic heterocycles. The molecule has 0 aliphatic heterocycles. The van der Waals surface area contributed by atoms with Crippen molar-refractivity contribution in [2.45, 2.75) is 0 Å². The number of hydrogen-bond acceptors (Lipinski definition) is 2. The smallest absolute Gasteiger partial charge is 0.0966 e. The van der Waals surface area contributed by atoms with Gasteiger partial charge in [-0.3, -0.25) is 0 Å². The van der Waals surface area contributed by atoms with Crippen molar-refractivity contribution in [3.8, 4) is 0 Å². The Morgan fingerprint density at radius 1 is 0.417 bits per heavy atom. The van der Waals surface area contributed by atoms with Gasteiger partial charge in [-0.25, -0.2) is 0 Å². The van der Waals surface area contributed by atoms with Gasteiger partial charge in [0, 0.05) is 12.3 Å². The number of hydrogen-bond donors (Lipinski definition) is 0. The molecule has 0 atom stereocenters. The van der Waals surface area contributed by atoms with Gasteiger partial charge in [-0.15, -0.1) is 11.5 Å². The average molecular weight is 681 g/mol. The predicted molar refractivity (Wildman–Crippen MR) is 167 cm³/mol. The van der Waals surface area contributed by atoms with Crippen LogP contribution in [0.5, 0.6) is 0 Å². The third-order valence-corrected chi connectivity index (χ3v) is 11.9. The topological polar surface area (TPSA) is 0 Å². The van der Waals surface area contributed by atoms with Crippen LogP contribution in [0.25, 0.3) is 0 Å². The monoisotopic (exact) mass is 678 g/mol. The summed E-state index contributed by atoms with van der Waals surface area (Å²) in [5, 5.41) is 5.85. The molecule has 198 valence electrons. The van der Waals surface area contributed by atoms with Crippen LogP contribution in [0.2, 0.25) is 0 Å². The Morgan fingerprint density at radius 2 is 0.611 bits per heavy atom. The molecular weight excluding hydrogens is 651 g/mol. The van der Waals surface area contributed by atoms with E-state index in [4.69, 9.17) is 25.3 Å². The maximum Gasteiger partial charge on any atom is 0.0966 e. The molecule has 0 spiro atoms. The standard InChI is InChI=1S/2C14H15PS.2ClH.2Ni/c2*16-12-11-15(13-7-3-1-4-8-13)14-9-5-2-6-10-14;;;;/h2*1-10,16H,11-12H2;2*1H;;/q;;;;2*+1/p-2. The Morgan fingerprint density at radius 3 is 0.778 bits per heavy atom. The summed E-state index contributed by atoms with van der Waals surface area (Å²) in [7, 11) is 7.22. The number of rotatable bonds is 8. The maximum atomic E-state index is 5.15. The summed E-state index contributed by atoms with van der Waals surface area (Å²) in [6.07, 6.45) is 2.27. The molecule has 0 unspecified atom stereocenters. The summed E-state index contributed by atoms with van der Waals surface area (Å²) in [6, 6.07) is 43.1. The van der Waals surface area contributed by atoms with Gasteiger partial charge in [-0.2, -0.15) is 0 Å². The van der Waals surface area contributed by atoms with E-state index >= 15 is 0 Å². The van der Waals surface area contributed by atoms with Crippen molar-refractivity contribution in [3.63, 3.8) is 0 Å². The van der Waals surface area contributed by atoms with E-state index in [-0.39, 0.29) is 0 Å². The second kappa shape index (κ2) is 22.9. The van der Waals surface area contributed by atoms with Gasteiger partial charge in [0.2, 0.25) is 0 Å². The predicted octanol–water partition coefficient (Wildman–Crippen LogP) is 6.17. The maximum absolute atomic E-state index is 5.15. The molecule has 0 amide bonds. The van der Waals surface area contributed by atoms with Crippen molar-refractivity contribution in [1.82, 2.24) is 0 Å². The fourth-order valence-electron chi connectivity index (χ4n) is 3.67. The molecule has 0 aliphatic carbocycles. The Balaban J connectivity index is 0.000000317. The Hall–Kier alpha value is 0.00701. The molecule has 0 aliphatic rings. The number of benzene rings is 4. The second-order valence-corrected chi connectivity index (χ2v) is 13.4. The molecule has 0 bridgehead atoms. The van der Waals surface area contributed by atoms with Crippen molar-refractivity contribution >= 4 is 82.7 Å². The van der Waals surface area contributed by atoms with E-state index in [9.17, 15) is 0 Å². The fraction of sp³-hybridized carbons (Fsp3) is 0.143. The zero-order valence-electron chi connectivity index (χ0n) is 19.6. The normalized spacial score (nSPS) is 9.83. The molecular formula is C28H30Cl2Ni2P2S2. The molecule has 4 rings (SSSR count). The SMILES string of the molecule is [Cl][Ni].[Cl][Ni].[S-]CC[PH+](c1ccccc1)c1ccccc1.[S-]CC[PH+](c1ccccc1)c1ccccc1. The van der Waals surface area contributed by atoms with E-state index in [2.05, 4.69) is 171 Å². The molecule has 0 saturated heterocycles. The van der Waals surface area contributed by atoms with Gasteiger partial charge < -0.3 is 25.3 Å². The van der Waals surface area contributed by atoms with Gasteiger partial charge in [0.05, 0.1) is 37.1 Å². The average Bonchev–Trinajstić information content (AvgIpc) is 2.99. The Bertz CT molecular complexity index is 855. The first-order chi connectivity index (χ1) is 17.8. The number of halogens is 2. The first-order valence-electron chi connectivity index (χ1n) is 11.2. The van der Waals surface area contributed by atoms with E-state index in [1.807, 2.05) is 0 Å². The minimum Gasteiger partial charge on any atom is -0.789 e. The molecule has 0 N–H and O–H groups in total.